The third-order valence-corrected chi connectivity index (χ3v) is 2.45. The minimum atomic E-state index is -0.961. The van der Waals surface area contributed by atoms with Gasteiger partial charge in [-0.3, -0.25) is 4.79 Å². The van der Waals surface area contributed by atoms with Crippen LogP contribution in [0.5, 0.6) is 11.5 Å². The van der Waals surface area contributed by atoms with Gasteiger partial charge < -0.3 is 14.6 Å². The fourth-order valence-corrected chi connectivity index (χ4v) is 1.67. The molecule has 0 fully saturated rings. The molecule has 0 atom stereocenters. The fourth-order valence-electron chi connectivity index (χ4n) is 1.67. The van der Waals surface area contributed by atoms with E-state index in [9.17, 15) is 9.18 Å². The van der Waals surface area contributed by atoms with E-state index in [0.717, 1.165) is 0 Å². The highest BCUT2D eigenvalue weighted by Gasteiger charge is 2.18. The van der Waals surface area contributed by atoms with Crippen molar-refractivity contribution in [3.8, 4) is 11.5 Å². The normalized spacial score (nSPS) is 10.1. The lowest BCUT2D eigenvalue weighted by Crippen LogP contribution is -2.03. The van der Waals surface area contributed by atoms with Crippen LogP contribution in [0.3, 0.4) is 0 Å². The summed E-state index contributed by atoms with van der Waals surface area (Å²) in [6.07, 6.45) is 0.00814. The summed E-state index contributed by atoms with van der Waals surface area (Å²) in [5.41, 5.74) is 1.04. The number of carboxylic acids is 1. The largest absolute Gasteiger partial charge is 0.492 e. The number of benzene rings is 1. The zero-order valence-electron chi connectivity index (χ0n) is 10.0. The van der Waals surface area contributed by atoms with Crippen LogP contribution in [0.1, 0.15) is 17.5 Å². The number of carbonyl (C=O) groups is 1. The molecule has 0 bridgehead atoms. The topological polar surface area (TPSA) is 55.8 Å². The molecule has 0 aliphatic carbocycles. The number of hydrogen-bond acceptors (Lipinski definition) is 3. The molecule has 4 nitrogen and oxygen atoms in total. The number of carboxylic acid groups (broad SMARTS) is 1. The van der Waals surface area contributed by atoms with Crippen LogP contribution in [-0.4, -0.2) is 25.3 Å². The molecule has 0 saturated heterocycles. The summed E-state index contributed by atoms with van der Waals surface area (Å²) in [6, 6.07) is 1.58. The van der Waals surface area contributed by atoms with Gasteiger partial charge >= 0.3 is 5.97 Å². The van der Waals surface area contributed by atoms with Crippen molar-refractivity contribution in [2.24, 2.45) is 0 Å². The first kappa shape index (κ1) is 13.3. The first-order chi connectivity index (χ1) is 8.01. The Morgan fingerprint density at radius 1 is 1.35 bits per heavy atom. The van der Waals surface area contributed by atoms with Gasteiger partial charge in [0.1, 0.15) is 0 Å². The van der Waals surface area contributed by atoms with Crippen LogP contribution in [0.25, 0.3) is 0 Å². The summed E-state index contributed by atoms with van der Waals surface area (Å²) in [5, 5.41) is 8.58. The van der Waals surface area contributed by atoms with Crippen molar-refractivity contribution < 1.29 is 23.8 Å². The van der Waals surface area contributed by atoms with Crippen LogP contribution in [0.2, 0.25) is 0 Å². The van der Waals surface area contributed by atoms with E-state index in [2.05, 4.69) is 0 Å². The van der Waals surface area contributed by atoms with Gasteiger partial charge in [-0.15, -0.1) is 0 Å². The van der Waals surface area contributed by atoms with Crippen molar-refractivity contribution in [3.63, 3.8) is 0 Å². The second-order valence-electron chi connectivity index (χ2n) is 3.63. The molecule has 0 radical (unpaired) electrons. The molecule has 0 aliphatic heterocycles. The minimum Gasteiger partial charge on any atom is -0.492 e. The van der Waals surface area contributed by atoms with Gasteiger partial charge in [-0.05, 0) is 30.5 Å². The maximum atomic E-state index is 14.0. The molecule has 0 amide bonds. The molecular weight excluding hydrogens is 227 g/mol. The summed E-state index contributed by atoms with van der Waals surface area (Å²) in [4.78, 5) is 10.5. The molecule has 1 aromatic rings. The van der Waals surface area contributed by atoms with E-state index < -0.39 is 11.8 Å². The van der Waals surface area contributed by atoms with Crippen molar-refractivity contribution in [2.75, 3.05) is 14.2 Å². The quantitative estimate of drug-likeness (QED) is 0.859. The average molecular weight is 242 g/mol. The monoisotopic (exact) mass is 242 g/mol. The molecule has 17 heavy (non-hydrogen) atoms. The standard InChI is InChI=1S/C12H15FO4/c1-7-6-8(4-5-9(14)15)10(13)12(17-3)11(7)16-2/h6H,4-5H2,1-3H3,(H,14,15). The second kappa shape index (κ2) is 5.52. The lowest BCUT2D eigenvalue weighted by molar-refractivity contribution is -0.136. The van der Waals surface area contributed by atoms with Crippen LogP contribution in [-0.2, 0) is 11.2 Å². The van der Waals surface area contributed by atoms with Crippen LogP contribution in [0, 0.1) is 12.7 Å². The summed E-state index contributed by atoms with van der Waals surface area (Å²) in [6.45, 7) is 1.76. The smallest absolute Gasteiger partial charge is 0.303 e. The van der Waals surface area contributed by atoms with E-state index in [1.165, 1.54) is 14.2 Å². The molecule has 0 heterocycles. The molecule has 1 rings (SSSR count). The van der Waals surface area contributed by atoms with E-state index in [4.69, 9.17) is 14.6 Å². The Labute approximate surface area is 99.0 Å². The number of methoxy groups -OCH3 is 2. The average Bonchev–Trinajstić information content (AvgIpc) is 2.28. The molecule has 1 N–H and O–H groups in total. The first-order valence-corrected chi connectivity index (χ1v) is 5.13. The first-order valence-electron chi connectivity index (χ1n) is 5.13. The highest BCUT2D eigenvalue weighted by atomic mass is 19.1. The molecule has 94 valence electrons. The predicted octanol–water partition coefficient (Wildman–Crippen LogP) is 2.17. The van der Waals surface area contributed by atoms with Crippen molar-refractivity contribution in [3.05, 3.63) is 23.0 Å². The molecule has 1 aromatic carbocycles. The Bertz CT molecular complexity index is 429. The van der Waals surface area contributed by atoms with Crippen molar-refractivity contribution in [2.45, 2.75) is 19.8 Å². The maximum Gasteiger partial charge on any atom is 0.303 e. The van der Waals surface area contributed by atoms with E-state index in [0.29, 0.717) is 16.9 Å². The summed E-state index contributed by atoms with van der Waals surface area (Å²) < 4.78 is 23.9. The van der Waals surface area contributed by atoms with E-state index in [-0.39, 0.29) is 18.6 Å². The summed E-state index contributed by atoms with van der Waals surface area (Å²) >= 11 is 0. The summed E-state index contributed by atoms with van der Waals surface area (Å²) in [5.74, 6) is -1.16. The highest BCUT2D eigenvalue weighted by molar-refractivity contribution is 5.67. The van der Waals surface area contributed by atoms with Gasteiger partial charge in [-0.1, -0.05) is 0 Å². The van der Waals surface area contributed by atoms with Gasteiger partial charge in [0.15, 0.2) is 17.3 Å². The number of ether oxygens (including phenoxy) is 2. The number of hydrogen-bond donors (Lipinski definition) is 1. The minimum absolute atomic E-state index is 0.0212. The van der Waals surface area contributed by atoms with Gasteiger partial charge in [0.25, 0.3) is 0 Å². The number of aliphatic carboxylic acids is 1. The van der Waals surface area contributed by atoms with Crippen LogP contribution < -0.4 is 9.47 Å². The molecule has 0 spiro atoms. The van der Waals surface area contributed by atoms with Gasteiger partial charge in [0, 0.05) is 6.42 Å². The molecule has 0 aromatic heterocycles. The maximum absolute atomic E-state index is 14.0. The third kappa shape index (κ3) is 2.87. The zero-order valence-corrected chi connectivity index (χ0v) is 10.0. The summed E-state index contributed by atoms with van der Waals surface area (Å²) in [7, 11) is 2.78. The molecular formula is C12H15FO4. The van der Waals surface area contributed by atoms with Crippen molar-refractivity contribution in [1.29, 1.82) is 0 Å². The zero-order chi connectivity index (χ0) is 13.0. The lowest BCUT2D eigenvalue weighted by Gasteiger charge is -2.14. The number of halogens is 1. The Kier molecular flexibility index (Phi) is 4.31. The Hall–Kier alpha value is -1.78. The van der Waals surface area contributed by atoms with E-state index in [1.807, 2.05) is 0 Å². The second-order valence-corrected chi connectivity index (χ2v) is 3.63. The Morgan fingerprint density at radius 2 is 1.94 bits per heavy atom. The van der Waals surface area contributed by atoms with Crippen LogP contribution in [0.15, 0.2) is 6.07 Å². The van der Waals surface area contributed by atoms with Crippen LogP contribution in [0.4, 0.5) is 4.39 Å². The SMILES string of the molecule is COc1c(C)cc(CCC(=O)O)c(F)c1OC. The van der Waals surface area contributed by atoms with E-state index >= 15 is 0 Å². The Morgan fingerprint density at radius 3 is 2.41 bits per heavy atom. The van der Waals surface area contributed by atoms with Crippen LogP contribution >= 0.6 is 0 Å². The predicted molar refractivity (Wildman–Crippen MR) is 60.2 cm³/mol. The van der Waals surface area contributed by atoms with Crippen molar-refractivity contribution in [1.82, 2.24) is 0 Å². The molecule has 0 unspecified atom stereocenters. The molecule has 0 aliphatic rings. The van der Waals surface area contributed by atoms with Gasteiger partial charge in [-0.25, -0.2) is 4.39 Å². The third-order valence-electron chi connectivity index (χ3n) is 2.45. The van der Waals surface area contributed by atoms with Crippen molar-refractivity contribution >= 4 is 5.97 Å². The Balaban J connectivity index is 3.16. The van der Waals surface area contributed by atoms with Gasteiger partial charge in [-0.2, -0.15) is 0 Å². The fraction of sp³-hybridized carbons (Fsp3) is 0.417. The number of aryl methyl sites for hydroxylation is 2. The lowest BCUT2D eigenvalue weighted by atomic mass is 10.0. The van der Waals surface area contributed by atoms with Gasteiger partial charge in [0.2, 0.25) is 0 Å². The van der Waals surface area contributed by atoms with Gasteiger partial charge in [0.05, 0.1) is 14.2 Å². The molecule has 0 saturated carbocycles. The molecule has 5 heteroatoms. The number of rotatable bonds is 5. The highest BCUT2D eigenvalue weighted by Crippen LogP contribution is 2.35. The van der Waals surface area contributed by atoms with E-state index in [1.54, 1.807) is 13.0 Å².